The number of halogens is 5. The van der Waals surface area contributed by atoms with E-state index < -0.39 is 40.9 Å². The number of hydrogen-bond acceptors (Lipinski definition) is 5. The maximum Gasteiger partial charge on any atom is 0.416 e. The molecule has 3 aromatic rings. The largest absolute Gasteiger partial charge is 0.416 e. The number of amides is 1. The Hall–Kier alpha value is -3.38. The summed E-state index contributed by atoms with van der Waals surface area (Å²) in [6.07, 6.45) is -4.84. The van der Waals surface area contributed by atoms with Gasteiger partial charge in [0.2, 0.25) is 0 Å². The second-order valence-electron chi connectivity index (χ2n) is 11.3. The van der Waals surface area contributed by atoms with E-state index in [1.165, 1.54) is 28.8 Å². The number of anilines is 1. The number of rotatable bonds is 6. The number of fused-ring (bicyclic) bond motifs is 1. The third-order valence-electron chi connectivity index (χ3n) is 8.38. The van der Waals surface area contributed by atoms with Crippen molar-refractivity contribution in [3.63, 3.8) is 0 Å². The van der Waals surface area contributed by atoms with Crippen LogP contribution in [0.25, 0.3) is 0 Å². The summed E-state index contributed by atoms with van der Waals surface area (Å²) in [4.78, 5) is 16.6. The van der Waals surface area contributed by atoms with Crippen molar-refractivity contribution < 1.29 is 31.5 Å². The second-order valence-corrected chi connectivity index (χ2v) is 11.3. The zero-order valence-corrected chi connectivity index (χ0v) is 22.2. The fraction of sp³-hybridized carbons (Fsp3) is 0.464. The molecular formula is C28H28F5N5O2. The van der Waals surface area contributed by atoms with E-state index in [1.54, 1.807) is 43.1 Å². The van der Waals surface area contributed by atoms with Gasteiger partial charge in [-0.3, -0.25) is 9.69 Å². The molecule has 2 fully saturated rings. The van der Waals surface area contributed by atoms with Gasteiger partial charge in [0.25, 0.3) is 5.91 Å². The fourth-order valence-electron chi connectivity index (χ4n) is 5.95. The topological polar surface area (TPSA) is 63.5 Å². The van der Waals surface area contributed by atoms with Crippen LogP contribution in [0.5, 0.6) is 0 Å². The molecule has 2 atom stereocenters. The first-order valence-corrected chi connectivity index (χ1v) is 13.0. The van der Waals surface area contributed by atoms with Gasteiger partial charge in [0, 0.05) is 37.4 Å². The number of ether oxygens (including phenoxy) is 1. The number of hydrogen-bond donors (Lipinski definition) is 0. The minimum atomic E-state index is -4.69. The molecule has 1 amide bonds. The first kappa shape index (κ1) is 26.8. The highest BCUT2D eigenvalue weighted by Crippen LogP contribution is 2.47. The van der Waals surface area contributed by atoms with Crippen molar-refractivity contribution in [3.8, 4) is 0 Å². The molecule has 1 aromatic heterocycles. The summed E-state index contributed by atoms with van der Waals surface area (Å²) < 4.78 is 79.5. The molecule has 0 unspecified atom stereocenters. The van der Waals surface area contributed by atoms with Gasteiger partial charge < -0.3 is 14.2 Å². The van der Waals surface area contributed by atoms with Crippen molar-refractivity contribution in [1.29, 1.82) is 0 Å². The van der Waals surface area contributed by atoms with Crippen LogP contribution in [0.1, 0.15) is 64.5 Å². The molecule has 3 aliphatic rings. The zero-order chi connectivity index (χ0) is 28.6. The minimum absolute atomic E-state index is 0.0326. The van der Waals surface area contributed by atoms with Gasteiger partial charge in [0.05, 0.1) is 30.7 Å². The molecule has 3 aliphatic heterocycles. The van der Waals surface area contributed by atoms with E-state index >= 15 is 4.39 Å². The molecule has 0 radical (unpaired) electrons. The summed E-state index contributed by atoms with van der Waals surface area (Å²) in [5.41, 5.74) is -2.27. The molecule has 7 nitrogen and oxygen atoms in total. The summed E-state index contributed by atoms with van der Waals surface area (Å²) in [6.45, 7) is 3.25. The molecule has 12 heteroatoms. The van der Waals surface area contributed by atoms with Gasteiger partial charge in [-0.15, -0.1) is 10.2 Å². The Labute approximate surface area is 227 Å². The molecule has 2 aromatic carbocycles. The van der Waals surface area contributed by atoms with Crippen LogP contribution in [-0.2, 0) is 29.9 Å². The Balaban J connectivity index is 1.34. The number of likely N-dealkylation sites (tertiary alicyclic amines) is 1. The lowest BCUT2D eigenvalue weighted by Crippen LogP contribution is -2.57. The van der Waals surface area contributed by atoms with Crippen molar-refractivity contribution in [2.45, 2.75) is 49.9 Å². The fourth-order valence-corrected chi connectivity index (χ4v) is 5.95. The Bertz CT molecular complexity index is 1470. The highest BCUT2D eigenvalue weighted by atomic mass is 19.4. The zero-order valence-electron chi connectivity index (χ0n) is 22.2. The highest BCUT2D eigenvalue weighted by Gasteiger charge is 2.51. The SMILES string of the molecule is C[C@H](c1cc2c(c(C(F)(F)F)c1)CN(c1cccc(C3([C@@H](F)c4nncn4C)COC3)c1)C2=O)N1CC(C)(F)C1. The molecule has 4 heterocycles. The van der Waals surface area contributed by atoms with E-state index in [4.69, 9.17) is 4.74 Å². The van der Waals surface area contributed by atoms with Crippen LogP contribution >= 0.6 is 0 Å². The number of aromatic nitrogens is 3. The van der Waals surface area contributed by atoms with Crippen LogP contribution in [0.2, 0.25) is 0 Å². The average molecular weight is 562 g/mol. The lowest BCUT2D eigenvalue weighted by molar-refractivity contribution is -0.138. The van der Waals surface area contributed by atoms with Crippen LogP contribution in [-0.4, -0.2) is 57.5 Å². The molecule has 212 valence electrons. The normalized spacial score (nSPS) is 21.5. The monoisotopic (exact) mass is 561 g/mol. The third kappa shape index (κ3) is 4.19. The van der Waals surface area contributed by atoms with Gasteiger partial charge in [-0.25, -0.2) is 8.78 Å². The maximum atomic E-state index is 15.8. The van der Waals surface area contributed by atoms with Crippen molar-refractivity contribution >= 4 is 11.6 Å². The van der Waals surface area contributed by atoms with Crippen molar-refractivity contribution in [1.82, 2.24) is 19.7 Å². The Morgan fingerprint density at radius 3 is 2.42 bits per heavy atom. The molecule has 40 heavy (non-hydrogen) atoms. The van der Waals surface area contributed by atoms with Crippen LogP contribution in [0, 0.1) is 0 Å². The summed E-state index contributed by atoms with van der Waals surface area (Å²) in [5, 5.41) is 7.66. The summed E-state index contributed by atoms with van der Waals surface area (Å²) in [5.74, 6) is -0.445. The summed E-state index contributed by atoms with van der Waals surface area (Å²) in [6, 6.07) is 8.68. The maximum absolute atomic E-state index is 15.8. The minimum Gasteiger partial charge on any atom is -0.379 e. The first-order chi connectivity index (χ1) is 18.8. The molecular weight excluding hydrogens is 533 g/mol. The smallest absolute Gasteiger partial charge is 0.379 e. The van der Waals surface area contributed by atoms with E-state index in [9.17, 15) is 22.4 Å². The van der Waals surface area contributed by atoms with Crippen molar-refractivity contribution in [2.24, 2.45) is 7.05 Å². The Morgan fingerprint density at radius 2 is 1.85 bits per heavy atom. The molecule has 0 N–H and O–H groups in total. The summed E-state index contributed by atoms with van der Waals surface area (Å²) in [7, 11) is 1.64. The number of aryl methyl sites for hydroxylation is 1. The van der Waals surface area contributed by atoms with Gasteiger partial charge in [0.1, 0.15) is 12.0 Å². The highest BCUT2D eigenvalue weighted by molar-refractivity contribution is 6.10. The van der Waals surface area contributed by atoms with E-state index in [-0.39, 0.29) is 49.8 Å². The average Bonchev–Trinajstić information content (AvgIpc) is 3.43. The van der Waals surface area contributed by atoms with Gasteiger partial charge in [-0.05, 0) is 54.8 Å². The number of benzene rings is 2. The molecule has 6 rings (SSSR count). The predicted molar refractivity (Wildman–Crippen MR) is 135 cm³/mol. The number of carbonyl (C=O) groups is 1. The van der Waals surface area contributed by atoms with Gasteiger partial charge in [-0.2, -0.15) is 13.2 Å². The van der Waals surface area contributed by atoms with Gasteiger partial charge >= 0.3 is 6.18 Å². The lowest BCUT2D eigenvalue weighted by Gasteiger charge is -2.46. The quantitative estimate of drug-likeness (QED) is 0.393. The Morgan fingerprint density at radius 1 is 1.12 bits per heavy atom. The van der Waals surface area contributed by atoms with E-state index in [0.29, 0.717) is 16.8 Å². The van der Waals surface area contributed by atoms with Crippen LogP contribution in [0.3, 0.4) is 0 Å². The van der Waals surface area contributed by atoms with Crippen molar-refractivity contribution in [3.05, 3.63) is 76.4 Å². The number of nitrogens with zero attached hydrogens (tertiary/aromatic N) is 5. The van der Waals surface area contributed by atoms with E-state index in [2.05, 4.69) is 10.2 Å². The molecule has 0 bridgehead atoms. The van der Waals surface area contributed by atoms with E-state index in [0.717, 1.165) is 6.07 Å². The van der Waals surface area contributed by atoms with Crippen LogP contribution in [0.15, 0.2) is 42.7 Å². The third-order valence-corrected chi connectivity index (χ3v) is 8.38. The molecule has 0 spiro atoms. The number of alkyl halides is 5. The van der Waals surface area contributed by atoms with Crippen LogP contribution < -0.4 is 4.90 Å². The first-order valence-electron chi connectivity index (χ1n) is 13.0. The van der Waals surface area contributed by atoms with Gasteiger partial charge in [-0.1, -0.05) is 12.1 Å². The van der Waals surface area contributed by atoms with Crippen LogP contribution in [0.4, 0.5) is 27.6 Å². The summed E-state index contributed by atoms with van der Waals surface area (Å²) >= 11 is 0. The molecule has 2 saturated heterocycles. The van der Waals surface area contributed by atoms with Gasteiger partial charge in [0.15, 0.2) is 12.0 Å². The molecule has 0 saturated carbocycles. The van der Waals surface area contributed by atoms with Crippen molar-refractivity contribution in [2.75, 3.05) is 31.2 Å². The standard InChI is InChI=1S/C28H28F5N5O2/c1-16(37-11-26(2,30)12-37)17-7-20-21(22(8-17)28(31,32)33)10-38(25(20)39)19-6-4-5-18(9-19)27(13-40-14-27)23(29)24-35-34-15-36(24)3/h4-9,15-16,23H,10-14H2,1-3H3/t16-,23+/m1/s1. The molecule has 0 aliphatic carbocycles. The Kier molecular flexibility index (Phi) is 6.08. The van der Waals surface area contributed by atoms with E-state index in [1.807, 2.05) is 0 Å². The number of carbonyl (C=O) groups excluding carboxylic acids is 1. The lowest BCUT2D eigenvalue weighted by atomic mass is 9.74. The predicted octanol–water partition coefficient (Wildman–Crippen LogP) is 5.08. The second kappa shape index (κ2) is 9.07.